The number of hydrogen-bond donors (Lipinski definition) is 6. The molecule has 0 aliphatic carbocycles. The first-order chi connectivity index (χ1) is 36.9. The number of fused-ring (bicyclic) bond motifs is 2. The van der Waals surface area contributed by atoms with Gasteiger partial charge in [0.15, 0.2) is 11.0 Å². The van der Waals surface area contributed by atoms with Crippen molar-refractivity contribution in [1.29, 1.82) is 0 Å². The number of nitrogens with zero attached hydrogens (tertiary/aromatic N) is 8. The van der Waals surface area contributed by atoms with E-state index in [4.69, 9.17) is 36.3 Å². The van der Waals surface area contributed by atoms with Crippen LogP contribution in [0.25, 0.3) is 20.7 Å². The molecule has 0 aliphatic rings. The predicted molar refractivity (Wildman–Crippen MR) is 296 cm³/mol. The Kier molecular flexibility index (Phi) is 21.6. The number of rotatable bonds is 16. The Morgan fingerprint density at radius 2 is 1.04 bits per heavy atom. The van der Waals surface area contributed by atoms with E-state index in [0.717, 1.165) is 30.8 Å². The number of nitrogens with two attached hydrogens (primary N) is 1. The van der Waals surface area contributed by atoms with E-state index in [0.29, 0.717) is 77.2 Å². The molecule has 0 radical (unpaired) electrons. The van der Waals surface area contributed by atoms with E-state index < -0.39 is 35.6 Å². The molecule has 6 aromatic heterocycles. The Bertz CT molecular complexity index is 3190. The van der Waals surface area contributed by atoms with E-state index >= 15 is 0 Å². The van der Waals surface area contributed by atoms with Crippen LogP contribution < -0.4 is 32.3 Å². The normalized spacial score (nSPS) is 11.0. The number of benzene rings is 2. The van der Waals surface area contributed by atoms with Gasteiger partial charge in [-0.2, -0.15) is 0 Å². The maximum atomic E-state index is 12.2. The van der Waals surface area contributed by atoms with Crippen LogP contribution in [0.3, 0.4) is 0 Å². The third-order valence-corrected chi connectivity index (χ3v) is 12.1. The lowest BCUT2D eigenvalue weighted by Gasteiger charge is -2.20. The number of alkyl carbamates (subject to hydrolysis) is 2. The van der Waals surface area contributed by atoms with Gasteiger partial charge in [0.05, 0.1) is 39.3 Å². The summed E-state index contributed by atoms with van der Waals surface area (Å²) in [7, 11) is 0. The van der Waals surface area contributed by atoms with Crippen LogP contribution in [0, 0.1) is 0 Å². The van der Waals surface area contributed by atoms with Gasteiger partial charge >= 0.3 is 24.4 Å². The van der Waals surface area contributed by atoms with Crippen molar-refractivity contribution in [2.24, 2.45) is 5.73 Å². The Morgan fingerprint density at radius 3 is 1.53 bits per heavy atom. The highest BCUT2D eigenvalue weighted by molar-refractivity contribution is 7.18. The summed E-state index contributed by atoms with van der Waals surface area (Å²) in [6, 6.07) is 26.0. The summed E-state index contributed by atoms with van der Waals surface area (Å²) >= 11 is 8.82. The van der Waals surface area contributed by atoms with Crippen molar-refractivity contribution in [1.82, 2.24) is 50.5 Å². The van der Waals surface area contributed by atoms with Gasteiger partial charge in [0.1, 0.15) is 57.8 Å². The van der Waals surface area contributed by atoms with Gasteiger partial charge in [-0.25, -0.2) is 49.1 Å². The Hall–Kier alpha value is -8.19. The number of aromatic nitrogens is 8. The van der Waals surface area contributed by atoms with Crippen molar-refractivity contribution in [2.45, 2.75) is 91.9 Å². The fourth-order valence-electron chi connectivity index (χ4n) is 6.40. The van der Waals surface area contributed by atoms with Gasteiger partial charge in [-0.3, -0.25) is 20.6 Å². The second-order valence-corrected chi connectivity index (χ2v) is 20.7. The monoisotopic (exact) mass is 1110 g/mol. The van der Waals surface area contributed by atoms with Crippen LogP contribution in [-0.2, 0) is 58.1 Å². The summed E-state index contributed by atoms with van der Waals surface area (Å²) < 4.78 is 20.8. The smallest absolute Gasteiger partial charge is 0.412 e. The number of hydrogen-bond acceptors (Lipinski definition) is 20. The van der Waals surface area contributed by atoms with Crippen LogP contribution in [0.4, 0.5) is 36.4 Å². The van der Waals surface area contributed by atoms with Crippen molar-refractivity contribution < 1.29 is 38.1 Å². The number of pyridine rings is 2. The van der Waals surface area contributed by atoms with Gasteiger partial charge < -0.3 is 40.6 Å². The minimum absolute atomic E-state index is 0.212. The van der Waals surface area contributed by atoms with Crippen LogP contribution in [0.1, 0.15) is 74.1 Å². The molecule has 0 spiro atoms. The summed E-state index contributed by atoms with van der Waals surface area (Å²) in [5, 5.41) is 16.0. The van der Waals surface area contributed by atoms with Crippen molar-refractivity contribution in [3.63, 3.8) is 0 Å². The summed E-state index contributed by atoms with van der Waals surface area (Å²) in [6.45, 7) is 12.6. The third kappa shape index (κ3) is 20.1. The molecule has 8 rings (SSSR count). The Labute approximate surface area is 457 Å². The number of amides is 4. The van der Waals surface area contributed by atoms with Crippen molar-refractivity contribution >= 4 is 96.5 Å². The minimum atomic E-state index is -0.614. The average molecular weight is 1110 g/mol. The van der Waals surface area contributed by atoms with Crippen LogP contribution in [0.5, 0.6) is 0 Å². The quantitative estimate of drug-likeness (QED) is 0.0387. The molecule has 77 heavy (non-hydrogen) atoms. The van der Waals surface area contributed by atoms with Crippen LogP contribution >= 0.6 is 34.3 Å². The Morgan fingerprint density at radius 1 is 0.571 bits per heavy atom. The maximum absolute atomic E-state index is 12.2. The Balaban J connectivity index is 0.000000208. The molecule has 25 heteroatoms. The van der Waals surface area contributed by atoms with Crippen LogP contribution in [0.2, 0.25) is 5.15 Å². The molecular formula is C52H59ClN14O8S2. The highest BCUT2D eigenvalue weighted by Gasteiger charge is 2.20. The first-order valence-electron chi connectivity index (χ1n) is 24.0. The van der Waals surface area contributed by atoms with Crippen LogP contribution in [0.15, 0.2) is 110 Å². The molecule has 0 saturated heterocycles. The second kappa shape index (κ2) is 28.6. The first-order valence-corrected chi connectivity index (χ1v) is 26.0. The summed E-state index contributed by atoms with van der Waals surface area (Å²) in [5.74, 6) is 0.543. The van der Waals surface area contributed by atoms with Gasteiger partial charge in [-0.15, -0.1) is 0 Å². The van der Waals surface area contributed by atoms with E-state index in [1.54, 1.807) is 78.2 Å². The van der Waals surface area contributed by atoms with E-state index in [-0.39, 0.29) is 19.8 Å². The SMILES string of the molecule is CC(C)(C)OC(=O)Nc1cccnc1CN.CC(C)(C)OC(=O)Nc1cccnc1CNc1ncnc2sc(CCNC(=O)OCc3ccccc3)nc12.O=C(NCCc1nc2c(Cl)ncnc2s1)OCc1ccccc1. The molecule has 8 aromatic rings. The predicted octanol–water partition coefficient (Wildman–Crippen LogP) is 10.0. The number of nitrogens with one attached hydrogen (secondary N) is 5. The molecule has 2 aromatic carbocycles. The first kappa shape index (κ1) is 58.1. The molecule has 6 heterocycles. The van der Waals surface area contributed by atoms with E-state index in [1.807, 2.05) is 60.7 Å². The molecular weight excluding hydrogens is 1050 g/mol. The fraction of sp³-hybridized carbons (Fsp3) is 0.308. The van der Waals surface area contributed by atoms with Gasteiger partial charge in [-0.05, 0) is 76.9 Å². The third-order valence-electron chi connectivity index (χ3n) is 9.74. The van der Waals surface area contributed by atoms with Crippen molar-refractivity contribution in [3.05, 3.63) is 148 Å². The number of ether oxygens (including phenoxy) is 4. The number of thiazole rings is 2. The molecule has 404 valence electrons. The molecule has 7 N–H and O–H groups in total. The lowest BCUT2D eigenvalue weighted by atomic mass is 10.2. The highest BCUT2D eigenvalue weighted by atomic mass is 35.5. The fourth-order valence-corrected chi connectivity index (χ4v) is 8.44. The summed E-state index contributed by atoms with van der Waals surface area (Å²) in [4.78, 5) is 82.9. The molecule has 0 unspecified atom stereocenters. The molecule has 0 fully saturated rings. The highest BCUT2D eigenvalue weighted by Crippen LogP contribution is 2.27. The minimum Gasteiger partial charge on any atom is -0.445 e. The van der Waals surface area contributed by atoms with Crippen molar-refractivity contribution in [2.75, 3.05) is 29.0 Å². The molecule has 0 atom stereocenters. The topological polar surface area (TPSA) is 294 Å². The van der Waals surface area contributed by atoms with E-state index in [1.165, 1.54) is 35.3 Å². The zero-order chi connectivity index (χ0) is 55.2. The van der Waals surface area contributed by atoms with Gasteiger partial charge in [0.2, 0.25) is 0 Å². The number of carbonyl (C=O) groups excluding carboxylic acids is 4. The molecule has 22 nitrogen and oxygen atoms in total. The molecule has 0 bridgehead atoms. The van der Waals surface area contributed by atoms with Gasteiger partial charge in [0, 0.05) is 44.9 Å². The van der Waals surface area contributed by atoms with E-state index in [2.05, 4.69) is 66.5 Å². The summed E-state index contributed by atoms with van der Waals surface area (Å²) in [5.41, 5.74) is 9.81. The lowest BCUT2D eigenvalue weighted by Crippen LogP contribution is -2.27. The summed E-state index contributed by atoms with van der Waals surface area (Å²) in [6.07, 6.45) is 5.25. The molecule has 0 saturated carbocycles. The van der Waals surface area contributed by atoms with Gasteiger partial charge in [-0.1, -0.05) is 94.9 Å². The average Bonchev–Trinajstić information content (AvgIpc) is 4.03. The second-order valence-electron chi connectivity index (χ2n) is 18.2. The molecule has 0 aliphatic heterocycles. The number of carbonyl (C=O) groups is 4. The zero-order valence-electron chi connectivity index (χ0n) is 43.2. The van der Waals surface area contributed by atoms with E-state index in [9.17, 15) is 19.2 Å². The lowest BCUT2D eigenvalue weighted by molar-refractivity contribution is 0.0624. The van der Waals surface area contributed by atoms with Crippen molar-refractivity contribution in [3.8, 4) is 0 Å². The zero-order valence-corrected chi connectivity index (χ0v) is 45.6. The van der Waals surface area contributed by atoms with Gasteiger partial charge in [0.25, 0.3) is 0 Å². The standard InChI is InChI=1S/C26H29N7O4S.C15H13ClN4O2S.C11H17N3O2/c1-26(2,3)37-25(35)32-18-10-7-12-27-19(18)14-29-22-21-23(31-16-30-22)38-20(33-21)11-13-28-24(34)36-15-17-8-5-4-6-9-17;16-13-12-14(19-9-18-13)23-11(20-12)6-7-17-15(21)22-8-10-4-2-1-3-5-10;1-11(2,3)16-10(15)14-8-5-4-6-13-9(8)7-12/h4-10,12,16H,11,13-15H2,1-3H3,(H,28,34)(H,32,35)(H,29,30,31);1-5,9H,6-8H2,(H,17,21);4-6H,7,12H2,1-3H3,(H,14,15). The van der Waals surface area contributed by atoms with Crippen LogP contribution in [-0.4, -0.2) is 88.5 Å². The number of halogens is 1. The number of anilines is 3. The largest absolute Gasteiger partial charge is 0.445 e. The maximum Gasteiger partial charge on any atom is 0.412 e. The molecule has 4 amide bonds.